The average Bonchev–Trinajstić information content (AvgIpc) is 2.41. The zero-order valence-corrected chi connectivity index (χ0v) is 12.0. The summed E-state index contributed by atoms with van der Waals surface area (Å²) < 4.78 is 44.0. The predicted molar refractivity (Wildman–Crippen MR) is 73.6 cm³/mol. The monoisotopic (exact) mass is 289 g/mol. The lowest BCUT2D eigenvalue weighted by Gasteiger charge is -2.19. The van der Waals surface area contributed by atoms with Crippen molar-refractivity contribution in [2.75, 3.05) is 19.8 Å². The molecule has 5 heteroatoms. The lowest BCUT2D eigenvalue weighted by Crippen LogP contribution is -2.23. The minimum Gasteiger partial charge on any atom is -0.381 e. The highest BCUT2D eigenvalue weighted by molar-refractivity contribution is 5.31. The highest BCUT2D eigenvalue weighted by Gasteiger charge is 2.33. The molecule has 1 N–H and O–H groups in total. The van der Waals surface area contributed by atoms with E-state index in [1.807, 2.05) is 6.92 Å². The number of alkyl halides is 3. The molecule has 0 aromatic heterocycles. The molecule has 0 aliphatic carbocycles. The third-order valence-corrected chi connectivity index (χ3v) is 3.00. The smallest absolute Gasteiger partial charge is 0.381 e. The van der Waals surface area contributed by atoms with Crippen LogP contribution < -0.4 is 5.32 Å². The molecule has 1 rings (SSSR count). The number of halogens is 3. The van der Waals surface area contributed by atoms with Crippen molar-refractivity contribution >= 4 is 0 Å². The van der Waals surface area contributed by atoms with Gasteiger partial charge in [-0.25, -0.2) is 0 Å². The summed E-state index contributed by atoms with van der Waals surface area (Å²) in [5.41, 5.74) is -0.281. The summed E-state index contributed by atoms with van der Waals surface area (Å²) in [5, 5.41) is 3.11. The molecule has 0 saturated heterocycles. The average molecular weight is 289 g/mol. The van der Waals surface area contributed by atoms with E-state index in [0.717, 1.165) is 25.5 Å². The Kier molecular flexibility index (Phi) is 7.02. The van der Waals surface area contributed by atoms with Crippen molar-refractivity contribution in [1.29, 1.82) is 0 Å². The SMILES string of the molecule is CCCOCCCNC(C)c1ccccc1C(F)(F)F. The molecule has 0 fully saturated rings. The Morgan fingerprint density at radius 3 is 2.55 bits per heavy atom. The standard InChI is InChI=1S/C15H22F3NO/c1-3-10-20-11-6-9-19-12(2)13-7-4-5-8-14(13)15(16,17)18/h4-5,7-8,12,19H,3,6,9-11H2,1-2H3. The molecule has 0 amide bonds. The first-order chi connectivity index (χ1) is 9.46. The van der Waals surface area contributed by atoms with Crippen molar-refractivity contribution in [2.24, 2.45) is 0 Å². The van der Waals surface area contributed by atoms with Gasteiger partial charge in [-0.1, -0.05) is 25.1 Å². The fourth-order valence-corrected chi connectivity index (χ4v) is 1.98. The van der Waals surface area contributed by atoms with E-state index in [2.05, 4.69) is 5.32 Å². The molecule has 0 saturated carbocycles. The van der Waals surface area contributed by atoms with Crippen molar-refractivity contribution < 1.29 is 17.9 Å². The zero-order valence-electron chi connectivity index (χ0n) is 12.0. The lowest BCUT2D eigenvalue weighted by molar-refractivity contribution is -0.138. The van der Waals surface area contributed by atoms with E-state index >= 15 is 0 Å². The Balaban J connectivity index is 2.49. The summed E-state index contributed by atoms with van der Waals surface area (Å²) in [7, 11) is 0. The van der Waals surface area contributed by atoms with Crippen LogP contribution in [0.5, 0.6) is 0 Å². The lowest BCUT2D eigenvalue weighted by atomic mass is 10.0. The van der Waals surface area contributed by atoms with Crippen LogP contribution >= 0.6 is 0 Å². The molecule has 0 aliphatic rings. The van der Waals surface area contributed by atoms with Crippen molar-refractivity contribution in [2.45, 2.75) is 38.9 Å². The number of ether oxygens (including phenoxy) is 1. The van der Waals surface area contributed by atoms with E-state index < -0.39 is 11.7 Å². The molecule has 1 aromatic rings. The van der Waals surface area contributed by atoms with Crippen molar-refractivity contribution in [3.8, 4) is 0 Å². The van der Waals surface area contributed by atoms with Crippen LogP contribution in [0.4, 0.5) is 13.2 Å². The fraction of sp³-hybridized carbons (Fsp3) is 0.600. The number of nitrogens with one attached hydrogen (secondary N) is 1. The largest absolute Gasteiger partial charge is 0.416 e. The van der Waals surface area contributed by atoms with Crippen LogP contribution in [0.25, 0.3) is 0 Å². The molecule has 1 atom stereocenters. The van der Waals surface area contributed by atoms with Gasteiger partial charge in [-0.05, 0) is 37.9 Å². The maximum atomic E-state index is 12.9. The van der Waals surface area contributed by atoms with E-state index in [4.69, 9.17) is 4.74 Å². The van der Waals surface area contributed by atoms with Crippen LogP contribution in [0.1, 0.15) is 43.9 Å². The van der Waals surface area contributed by atoms with Crippen molar-refractivity contribution in [1.82, 2.24) is 5.32 Å². The third kappa shape index (κ3) is 5.51. The molecule has 114 valence electrons. The van der Waals surface area contributed by atoms with E-state index in [9.17, 15) is 13.2 Å². The molecule has 0 aliphatic heterocycles. The van der Waals surface area contributed by atoms with Crippen LogP contribution in [0.2, 0.25) is 0 Å². The number of rotatable bonds is 8. The molecule has 0 spiro atoms. The van der Waals surface area contributed by atoms with E-state index in [-0.39, 0.29) is 11.6 Å². The minimum absolute atomic E-state index is 0.287. The summed E-state index contributed by atoms with van der Waals surface area (Å²) in [6.07, 6.45) is -2.54. The molecule has 0 radical (unpaired) electrons. The number of hydrogen-bond acceptors (Lipinski definition) is 2. The van der Waals surface area contributed by atoms with Crippen LogP contribution in [0, 0.1) is 0 Å². The van der Waals surface area contributed by atoms with Gasteiger partial charge in [-0.3, -0.25) is 0 Å². The second kappa shape index (κ2) is 8.27. The van der Waals surface area contributed by atoms with Gasteiger partial charge in [0.15, 0.2) is 0 Å². The summed E-state index contributed by atoms with van der Waals surface area (Å²) in [4.78, 5) is 0. The van der Waals surface area contributed by atoms with Gasteiger partial charge < -0.3 is 10.1 Å². The molecule has 1 unspecified atom stereocenters. The molecule has 0 bridgehead atoms. The predicted octanol–water partition coefficient (Wildman–Crippen LogP) is 4.17. The zero-order chi connectivity index (χ0) is 15.0. The van der Waals surface area contributed by atoms with Crippen molar-refractivity contribution in [3.63, 3.8) is 0 Å². The van der Waals surface area contributed by atoms with Crippen LogP contribution in [0.15, 0.2) is 24.3 Å². The van der Waals surface area contributed by atoms with E-state index in [0.29, 0.717) is 13.2 Å². The van der Waals surface area contributed by atoms with Crippen LogP contribution in [-0.2, 0) is 10.9 Å². The normalized spacial score (nSPS) is 13.4. The first-order valence-corrected chi connectivity index (χ1v) is 6.94. The maximum absolute atomic E-state index is 12.9. The molecular weight excluding hydrogens is 267 g/mol. The minimum atomic E-state index is -4.31. The molecular formula is C15H22F3NO. The van der Waals surface area contributed by atoms with Gasteiger partial charge in [-0.2, -0.15) is 13.2 Å². The number of benzene rings is 1. The van der Waals surface area contributed by atoms with Gasteiger partial charge in [0, 0.05) is 19.3 Å². The molecule has 2 nitrogen and oxygen atoms in total. The molecule has 1 aromatic carbocycles. The van der Waals surface area contributed by atoms with Crippen molar-refractivity contribution in [3.05, 3.63) is 35.4 Å². The Labute approximate surface area is 118 Å². The summed E-state index contributed by atoms with van der Waals surface area (Å²) in [6, 6.07) is 5.36. The van der Waals surface area contributed by atoms with Gasteiger partial charge in [0.05, 0.1) is 5.56 Å². The first-order valence-electron chi connectivity index (χ1n) is 6.94. The summed E-state index contributed by atoms with van der Waals surface area (Å²) >= 11 is 0. The topological polar surface area (TPSA) is 21.3 Å². The molecule has 0 heterocycles. The highest BCUT2D eigenvalue weighted by Crippen LogP contribution is 2.34. The first kappa shape index (κ1) is 17.0. The molecule has 20 heavy (non-hydrogen) atoms. The maximum Gasteiger partial charge on any atom is 0.416 e. The fourth-order valence-electron chi connectivity index (χ4n) is 1.98. The second-order valence-electron chi connectivity index (χ2n) is 4.73. The Morgan fingerprint density at radius 2 is 1.90 bits per heavy atom. The van der Waals surface area contributed by atoms with Gasteiger partial charge in [0.25, 0.3) is 0 Å². The van der Waals surface area contributed by atoms with E-state index in [1.165, 1.54) is 12.1 Å². The Hall–Kier alpha value is -1.07. The highest BCUT2D eigenvalue weighted by atomic mass is 19.4. The van der Waals surface area contributed by atoms with Gasteiger partial charge >= 0.3 is 6.18 Å². The van der Waals surface area contributed by atoms with Crippen LogP contribution in [-0.4, -0.2) is 19.8 Å². The summed E-state index contributed by atoms with van der Waals surface area (Å²) in [6.45, 7) is 5.78. The third-order valence-electron chi connectivity index (χ3n) is 3.00. The Morgan fingerprint density at radius 1 is 1.20 bits per heavy atom. The number of hydrogen-bond donors (Lipinski definition) is 1. The van der Waals surface area contributed by atoms with E-state index in [1.54, 1.807) is 13.0 Å². The van der Waals surface area contributed by atoms with Gasteiger partial charge in [0.2, 0.25) is 0 Å². The second-order valence-corrected chi connectivity index (χ2v) is 4.73. The summed E-state index contributed by atoms with van der Waals surface area (Å²) in [5.74, 6) is 0. The quantitative estimate of drug-likeness (QED) is 0.725. The Bertz CT molecular complexity index is 393. The van der Waals surface area contributed by atoms with Gasteiger partial charge in [-0.15, -0.1) is 0 Å². The van der Waals surface area contributed by atoms with Gasteiger partial charge in [0.1, 0.15) is 0 Å². The van der Waals surface area contributed by atoms with Crippen LogP contribution in [0.3, 0.4) is 0 Å².